The van der Waals surface area contributed by atoms with Crippen molar-refractivity contribution in [2.24, 2.45) is 0 Å². The molecule has 0 fully saturated rings. The molecule has 1 aliphatic rings. The van der Waals surface area contributed by atoms with Crippen LogP contribution in [0.3, 0.4) is 0 Å². The summed E-state index contributed by atoms with van der Waals surface area (Å²) in [6.07, 6.45) is 1.06. The molecule has 2 aromatic rings. The van der Waals surface area contributed by atoms with E-state index in [9.17, 15) is 14.0 Å². The van der Waals surface area contributed by atoms with Crippen LogP contribution in [0.1, 0.15) is 25.8 Å². The number of nitrogens with zero attached hydrogens (tertiary/aromatic N) is 2. The number of anilines is 2. The lowest BCUT2D eigenvalue weighted by molar-refractivity contribution is -0.119. The van der Waals surface area contributed by atoms with E-state index in [1.807, 2.05) is 36.1 Å². The molecule has 0 saturated heterocycles. The quantitative estimate of drug-likeness (QED) is 0.854. The third-order valence-electron chi connectivity index (χ3n) is 4.54. The SMILES string of the molecule is CC(=O)N(CCC(=O)N1c2ccccc2CC1C)c1ccc(F)cc1. The minimum Gasteiger partial charge on any atom is -0.312 e. The predicted molar refractivity (Wildman–Crippen MR) is 96.1 cm³/mol. The summed E-state index contributed by atoms with van der Waals surface area (Å²) in [4.78, 5) is 28.0. The van der Waals surface area contributed by atoms with Gasteiger partial charge < -0.3 is 9.80 Å². The Morgan fingerprint density at radius 1 is 1.16 bits per heavy atom. The monoisotopic (exact) mass is 340 g/mol. The third kappa shape index (κ3) is 3.55. The van der Waals surface area contributed by atoms with Crippen molar-refractivity contribution in [3.05, 3.63) is 59.9 Å². The van der Waals surface area contributed by atoms with Crippen LogP contribution in [-0.4, -0.2) is 24.4 Å². The second kappa shape index (κ2) is 7.05. The maximum Gasteiger partial charge on any atom is 0.229 e. The van der Waals surface area contributed by atoms with E-state index in [1.165, 1.54) is 29.5 Å². The number of rotatable bonds is 4. The van der Waals surface area contributed by atoms with Gasteiger partial charge in [-0.25, -0.2) is 4.39 Å². The molecule has 0 saturated carbocycles. The maximum atomic E-state index is 13.1. The second-order valence-electron chi connectivity index (χ2n) is 6.34. The first-order valence-corrected chi connectivity index (χ1v) is 8.41. The normalized spacial score (nSPS) is 15.8. The number of hydrogen-bond acceptors (Lipinski definition) is 2. The summed E-state index contributed by atoms with van der Waals surface area (Å²) in [5, 5.41) is 0. The highest BCUT2D eigenvalue weighted by Crippen LogP contribution is 2.32. The number of para-hydroxylation sites is 1. The highest BCUT2D eigenvalue weighted by Gasteiger charge is 2.30. The van der Waals surface area contributed by atoms with Crippen molar-refractivity contribution in [2.75, 3.05) is 16.3 Å². The summed E-state index contributed by atoms with van der Waals surface area (Å²) in [5.41, 5.74) is 2.72. The standard InChI is InChI=1S/C20H21FN2O2/c1-14-13-16-5-3-4-6-19(16)23(14)20(25)11-12-22(15(2)24)18-9-7-17(21)8-10-18/h3-10,14H,11-13H2,1-2H3. The summed E-state index contributed by atoms with van der Waals surface area (Å²) >= 11 is 0. The van der Waals surface area contributed by atoms with E-state index >= 15 is 0 Å². The van der Waals surface area contributed by atoms with Gasteiger partial charge in [0.15, 0.2) is 0 Å². The average Bonchev–Trinajstić information content (AvgIpc) is 2.92. The molecule has 0 aromatic heterocycles. The lowest BCUT2D eigenvalue weighted by atomic mass is 10.1. The van der Waals surface area contributed by atoms with Gasteiger partial charge in [0, 0.05) is 37.3 Å². The molecule has 3 rings (SSSR count). The molecule has 0 aliphatic carbocycles. The van der Waals surface area contributed by atoms with Crippen molar-refractivity contribution in [2.45, 2.75) is 32.7 Å². The number of amides is 2. The number of carbonyl (C=O) groups is 2. The molecule has 4 nitrogen and oxygen atoms in total. The molecular weight excluding hydrogens is 319 g/mol. The zero-order valence-electron chi connectivity index (χ0n) is 14.4. The number of hydrogen-bond donors (Lipinski definition) is 0. The molecule has 5 heteroatoms. The van der Waals surface area contributed by atoms with Gasteiger partial charge in [-0.05, 0) is 49.2 Å². The van der Waals surface area contributed by atoms with Gasteiger partial charge in [0.05, 0.1) is 0 Å². The van der Waals surface area contributed by atoms with E-state index in [-0.39, 0.29) is 36.6 Å². The fourth-order valence-electron chi connectivity index (χ4n) is 3.36. The number of fused-ring (bicyclic) bond motifs is 1. The van der Waals surface area contributed by atoms with E-state index in [0.717, 1.165) is 12.1 Å². The van der Waals surface area contributed by atoms with Gasteiger partial charge in [0.2, 0.25) is 11.8 Å². The highest BCUT2D eigenvalue weighted by atomic mass is 19.1. The summed E-state index contributed by atoms with van der Waals surface area (Å²) in [5.74, 6) is -0.536. The Morgan fingerprint density at radius 2 is 1.84 bits per heavy atom. The number of carbonyl (C=O) groups excluding carboxylic acids is 2. The molecule has 0 N–H and O–H groups in total. The summed E-state index contributed by atoms with van der Waals surface area (Å²) < 4.78 is 13.1. The summed E-state index contributed by atoms with van der Waals surface area (Å²) in [7, 11) is 0. The Kier molecular flexibility index (Phi) is 4.83. The van der Waals surface area contributed by atoms with Crippen LogP contribution in [0.25, 0.3) is 0 Å². The molecular formula is C20H21FN2O2. The first-order valence-electron chi connectivity index (χ1n) is 8.41. The van der Waals surface area contributed by atoms with Crippen LogP contribution >= 0.6 is 0 Å². The summed E-state index contributed by atoms with van der Waals surface area (Å²) in [6, 6.07) is 13.7. The van der Waals surface area contributed by atoms with Gasteiger partial charge in [0.25, 0.3) is 0 Å². The molecule has 2 amide bonds. The molecule has 2 aromatic carbocycles. The second-order valence-corrected chi connectivity index (χ2v) is 6.34. The molecule has 1 unspecified atom stereocenters. The minimum absolute atomic E-state index is 0.00851. The van der Waals surface area contributed by atoms with Gasteiger partial charge >= 0.3 is 0 Å². The van der Waals surface area contributed by atoms with Crippen molar-refractivity contribution in [3.63, 3.8) is 0 Å². The molecule has 25 heavy (non-hydrogen) atoms. The van der Waals surface area contributed by atoms with E-state index in [4.69, 9.17) is 0 Å². The van der Waals surface area contributed by atoms with E-state index in [1.54, 1.807) is 12.1 Å². The van der Waals surface area contributed by atoms with Crippen LogP contribution in [0.5, 0.6) is 0 Å². The Bertz CT molecular complexity index is 789. The van der Waals surface area contributed by atoms with Crippen LogP contribution < -0.4 is 9.80 Å². The fourth-order valence-corrected chi connectivity index (χ4v) is 3.36. The number of halogens is 1. The zero-order chi connectivity index (χ0) is 18.0. The van der Waals surface area contributed by atoms with Crippen molar-refractivity contribution < 1.29 is 14.0 Å². The Balaban J connectivity index is 1.72. The van der Waals surface area contributed by atoms with Crippen LogP contribution in [-0.2, 0) is 16.0 Å². The minimum atomic E-state index is -0.356. The van der Waals surface area contributed by atoms with Gasteiger partial charge in [-0.1, -0.05) is 18.2 Å². The van der Waals surface area contributed by atoms with E-state index < -0.39 is 0 Å². The maximum absolute atomic E-state index is 13.1. The lowest BCUT2D eigenvalue weighted by Gasteiger charge is -2.25. The van der Waals surface area contributed by atoms with Crippen LogP contribution in [0, 0.1) is 5.82 Å². The van der Waals surface area contributed by atoms with Gasteiger partial charge in [-0.2, -0.15) is 0 Å². The van der Waals surface area contributed by atoms with E-state index in [2.05, 4.69) is 0 Å². The summed E-state index contributed by atoms with van der Waals surface area (Å²) in [6.45, 7) is 3.74. The Labute approximate surface area is 146 Å². The van der Waals surface area contributed by atoms with E-state index in [0.29, 0.717) is 5.69 Å². The average molecular weight is 340 g/mol. The topological polar surface area (TPSA) is 40.6 Å². The third-order valence-corrected chi connectivity index (χ3v) is 4.54. The van der Waals surface area contributed by atoms with Crippen LogP contribution in [0.2, 0.25) is 0 Å². The van der Waals surface area contributed by atoms with Crippen molar-refractivity contribution in [1.29, 1.82) is 0 Å². The highest BCUT2D eigenvalue weighted by molar-refractivity contribution is 5.98. The smallest absolute Gasteiger partial charge is 0.229 e. The van der Waals surface area contributed by atoms with Gasteiger partial charge in [-0.15, -0.1) is 0 Å². The molecule has 1 heterocycles. The predicted octanol–water partition coefficient (Wildman–Crippen LogP) is 3.55. The van der Waals surface area contributed by atoms with Crippen molar-refractivity contribution in [3.8, 4) is 0 Å². The molecule has 0 bridgehead atoms. The molecule has 1 atom stereocenters. The van der Waals surface area contributed by atoms with Gasteiger partial charge in [0.1, 0.15) is 5.82 Å². The van der Waals surface area contributed by atoms with Gasteiger partial charge in [-0.3, -0.25) is 9.59 Å². The molecule has 130 valence electrons. The Hall–Kier alpha value is -2.69. The largest absolute Gasteiger partial charge is 0.312 e. The molecule has 0 radical (unpaired) electrons. The van der Waals surface area contributed by atoms with Crippen LogP contribution in [0.15, 0.2) is 48.5 Å². The zero-order valence-corrected chi connectivity index (χ0v) is 14.4. The first-order chi connectivity index (χ1) is 12.0. The lowest BCUT2D eigenvalue weighted by Crippen LogP contribution is -2.39. The molecule has 1 aliphatic heterocycles. The fraction of sp³-hybridized carbons (Fsp3) is 0.300. The Morgan fingerprint density at radius 3 is 2.52 bits per heavy atom. The van der Waals surface area contributed by atoms with Crippen LogP contribution in [0.4, 0.5) is 15.8 Å². The van der Waals surface area contributed by atoms with Crippen molar-refractivity contribution >= 4 is 23.2 Å². The molecule has 0 spiro atoms. The number of benzene rings is 2. The van der Waals surface area contributed by atoms with Crippen molar-refractivity contribution in [1.82, 2.24) is 0 Å². The first kappa shape index (κ1) is 17.1.